The minimum absolute atomic E-state index is 0.0508. The Kier molecular flexibility index (Phi) is 3.90. The van der Waals surface area contributed by atoms with Gasteiger partial charge in [-0.3, -0.25) is 9.48 Å². The van der Waals surface area contributed by atoms with E-state index in [9.17, 15) is 4.79 Å². The van der Waals surface area contributed by atoms with E-state index in [1.165, 1.54) is 0 Å². The summed E-state index contributed by atoms with van der Waals surface area (Å²) in [6.45, 7) is 1.89. The molecule has 0 saturated heterocycles. The highest BCUT2D eigenvalue weighted by Gasteiger charge is 2.13. The van der Waals surface area contributed by atoms with Crippen LogP contribution in [-0.4, -0.2) is 20.9 Å². The van der Waals surface area contributed by atoms with Gasteiger partial charge in [0.15, 0.2) is 0 Å². The number of nitrogens with zero attached hydrogens (tertiary/aromatic N) is 2. The molecule has 0 saturated carbocycles. The Bertz CT molecular complexity index is 607. The first-order valence-electron chi connectivity index (χ1n) is 5.97. The van der Waals surface area contributed by atoms with Crippen LogP contribution in [0.2, 0.25) is 5.02 Å². The molecule has 2 rings (SSSR count). The molecular weight excluding hydrogens is 264 g/mol. The zero-order valence-corrected chi connectivity index (χ0v) is 11.6. The number of carboxylic acid groups (broad SMARTS) is 1. The third kappa shape index (κ3) is 3.15. The summed E-state index contributed by atoms with van der Waals surface area (Å²) in [5.74, 6) is -0.851. The molecule has 0 radical (unpaired) electrons. The molecule has 0 aliphatic heterocycles. The molecule has 0 fully saturated rings. The maximum absolute atomic E-state index is 10.8. The van der Waals surface area contributed by atoms with E-state index in [0.29, 0.717) is 5.02 Å². The number of hydrogen-bond acceptors (Lipinski definition) is 2. The lowest BCUT2D eigenvalue weighted by Gasteiger charge is -2.11. The topological polar surface area (TPSA) is 55.1 Å². The minimum atomic E-state index is -0.801. The van der Waals surface area contributed by atoms with Crippen LogP contribution in [0.5, 0.6) is 0 Å². The molecule has 19 heavy (non-hydrogen) atoms. The van der Waals surface area contributed by atoms with Crippen LogP contribution in [0.25, 0.3) is 11.1 Å². The van der Waals surface area contributed by atoms with E-state index in [2.05, 4.69) is 5.10 Å². The lowest BCUT2D eigenvalue weighted by molar-refractivity contribution is -0.137. The van der Waals surface area contributed by atoms with Crippen LogP contribution in [0.15, 0.2) is 30.6 Å². The lowest BCUT2D eigenvalue weighted by Crippen LogP contribution is -2.03. The molecule has 5 heteroatoms. The largest absolute Gasteiger partial charge is 0.481 e. The summed E-state index contributed by atoms with van der Waals surface area (Å²) in [7, 11) is 1.84. The van der Waals surface area contributed by atoms with Gasteiger partial charge in [-0.05, 0) is 23.6 Å². The number of halogens is 1. The highest BCUT2D eigenvalue weighted by atomic mass is 35.5. The van der Waals surface area contributed by atoms with Gasteiger partial charge in [-0.2, -0.15) is 5.10 Å². The van der Waals surface area contributed by atoms with Gasteiger partial charge in [0.05, 0.1) is 12.6 Å². The summed E-state index contributed by atoms with van der Waals surface area (Å²) in [6.07, 6.45) is 3.73. The Hall–Kier alpha value is -1.81. The van der Waals surface area contributed by atoms with E-state index in [-0.39, 0.29) is 12.3 Å². The van der Waals surface area contributed by atoms with Crippen molar-refractivity contribution < 1.29 is 9.90 Å². The predicted octanol–water partition coefficient (Wildman–Crippen LogP) is 3.32. The van der Waals surface area contributed by atoms with Crippen LogP contribution < -0.4 is 0 Å². The molecule has 1 heterocycles. The Labute approximate surface area is 116 Å². The fourth-order valence-corrected chi connectivity index (χ4v) is 2.24. The fourth-order valence-electron chi connectivity index (χ4n) is 2.01. The van der Waals surface area contributed by atoms with Crippen molar-refractivity contribution in [2.45, 2.75) is 19.3 Å². The van der Waals surface area contributed by atoms with E-state index < -0.39 is 5.97 Å². The highest BCUT2D eigenvalue weighted by Crippen LogP contribution is 2.31. The molecule has 0 amide bonds. The fraction of sp³-hybridized carbons (Fsp3) is 0.286. The maximum atomic E-state index is 10.8. The molecule has 0 aliphatic rings. The van der Waals surface area contributed by atoms with Crippen molar-refractivity contribution in [3.05, 3.63) is 41.2 Å². The Morgan fingerprint density at radius 2 is 2.26 bits per heavy atom. The van der Waals surface area contributed by atoms with Crippen molar-refractivity contribution in [2.75, 3.05) is 0 Å². The van der Waals surface area contributed by atoms with Gasteiger partial charge in [0.1, 0.15) is 0 Å². The quantitative estimate of drug-likeness (QED) is 0.933. The van der Waals surface area contributed by atoms with Crippen molar-refractivity contribution in [3.8, 4) is 11.1 Å². The van der Waals surface area contributed by atoms with Gasteiger partial charge in [-0.1, -0.05) is 24.6 Å². The first kappa shape index (κ1) is 13.6. The van der Waals surface area contributed by atoms with Gasteiger partial charge in [0.2, 0.25) is 0 Å². The first-order valence-corrected chi connectivity index (χ1v) is 6.35. The lowest BCUT2D eigenvalue weighted by atomic mass is 9.95. The van der Waals surface area contributed by atoms with E-state index >= 15 is 0 Å². The van der Waals surface area contributed by atoms with E-state index in [1.54, 1.807) is 16.9 Å². The summed E-state index contributed by atoms with van der Waals surface area (Å²) in [6, 6.07) is 5.61. The summed E-state index contributed by atoms with van der Waals surface area (Å²) in [4.78, 5) is 10.8. The number of aliphatic carboxylic acids is 1. The zero-order chi connectivity index (χ0) is 14.0. The number of carboxylic acids is 1. The molecule has 1 unspecified atom stereocenters. The third-order valence-corrected chi connectivity index (χ3v) is 3.39. The second-order valence-corrected chi connectivity index (χ2v) is 5.05. The van der Waals surface area contributed by atoms with Gasteiger partial charge in [0.25, 0.3) is 0 Å². The van der Waals surface area contributed by atoms with E-state index in [0.717, 1.165) is 16.7 Å². The standard InChI is InChI=1S/C14H15ClN2O2/c1-9(5-14(18)19)10-3-4-13(15)12(6-10)11-7-16-17(2)8-11/h3-4,6-9H,5H2,1-2H3,(H,18,19). The Morgan fingerprint density at radius 3 is 2.84 bits per heavy atom. The molecule has 0 aliphatic carbocycles. The molecule has 1 aromatic carbocycles. The molecular formula is C14H15ClN2O2. The highest BCUT2D eigenvalue weighted by molar-refractivity contribution is 6.33. The number of hydrogen-bond donors (Lipinski definition) is 1. The van der Waals surface area contributed by atoms with E-state index in [1.807, 2.05) is 32.3 Å². The van der Waals surface area contributed by atoms with Gasteiger partial charge in [0, 0.05) is 29.4 Å². The van der Waals surface area contributed by atoms with Gasteiger partial charge in [-0.25, -0.2) is 0 Å². The third-order valence-electron chi connectivity index (χ3n) is 3.06. The van der Waals surface area contributed by atoms with Crippen LogP contribution in [0.4, 0.5) is 0 Å². The van der Waals surface area contributed by atoms with Crippen molar-refractivity contribution >= 4 is 17.6 Å². The molecule has 0 bridgehead atoms. The Balaban J connectivity index is 2.37. The number of benzene rings is 1. The minimum Gasteiger partial charge on any atom is -0.481 e. The molecule has 1 aromatic heterocycles. The van der Waals surface area contributed by atoms with Crippen molar-refractivity contribution in [3.63, 3.8) is 0 Å². The summed E-state index contributed by atoms with van der Waals surface area (Å²) in [5.41, 5.74) is 2.77. The van der Waals surface area contributed by atoms with Crippen molar-refractivity contribution in [1.82, 2.24) is 9.78 Å². The van der Waals surface area contributed by atoms with Crippen LogP contribution in [-0.2, 0) is 11.8 Å². The molecule has 4 nitrogen and oxygen atoms in total. The predicted molar refractivity (Wildman–Crippen MR) is 74.3 cm³/mol. The molecule has 0 spiro atoms. The monoisotopic (exact) mass is 278 g/mol. The number of aryl methyl sites for hydroxylation is 1. The molecule has 2 aromatic rings. The number of carbonyl (C=O) groups is 1. The second-order valence-electron chi connectivity index (χ2n) is 4.64. The van der Waals surface area contributed by atoms with Crippen LogP contribution >= 0.6 is 11.6 Å². The molecule has 1 N–H and O–H groups in total. The van der Waals surface area contributed by atoms with Crippen LogP contribution in [0.3, 0.4) is 0 Å². The van der Waals surface area contributed by atoms with Crippen molar-refractivity contribution in [1.29, 1.82) is 0 Å². The van der Waals surface area contributed by atoms with Gasteiger partial charge >= 0.3 is 5.97 Å². The second kappa shape index (κ2) is 5.45. The zero-order valence-electron chi connectivity index (χ0n) is 10.8. The summed E-state index contributed by atoms with van der Waals surface area (Å²) >= 11 is 6.20. The maximum Gasteiger partial charge on any atom is 0.303 e. The molecule has 100 valence electrons. The summed E-state index contributed by atoms with van der Waals surface area (Å²) < 4.78 is 1.71. The van der Waals surface area contributed by atoms with Gasteiger partial charge < -0.3 is 5.11 Å². The first-order chi connectivity index (χ1) is 8.97. The van der Waals surface area contributed by atoms with Crippen LogP contribution in [0.1, 0.15) is 24.8 Å². The number of aromatic nitrogens is 2. The normalized spacial score (nSPS) is 12.4. The SMILES string of the molecule is CC(CC(=O)O)c1ccc(Cl)c(-c2cnn(C)c2)c1. The van der Waals surface area contributed by atoms with E-state index in [4.69, 9.17) is 16.7 Å². The average Bonchev–Trinajstić information content (AvgIpc) is 2.75. The van der Waals surface area contributed by atoms with Gasteiger partial charge in [-0.15, -0.1) is 0 Å². The Morgan fingerprint density at radius 1 is 1.53 bits per heavy atom. The van der Waals surface area contributed by atoms with Crippen molar-refractivity contribution in [2.24, 2.45) is 7.05 Å². The number of rotatable bonds is 4. The summed E-state index contributed by atoms with van der Waals surface area (Å²) in [5, 5.41) is 13.6. The molecule has 1 atom stereocenters. The average molecular weight is 279 g/mol. The van der Waals surface area contributed by atoms with Crippen LogP contribution in [0, 0.1) is 0 Å². The smallest absolute Gasteiger partial charge is 0.303 e.